The van der Waals surface area contributed by atoms with E-state index >= 15 is 0 Å². The summed E-state index contributed by atoms with van der Waals surface area (Å²) in [6.45, 7) is 19.8. The van der Waals surface area contributed by atoms with Crippen molar-refractivity contribution in [1.82, 2.24) is 9.97 Å². The minimum absolute atomic E-state index is 0.270. The van der Waals surface area contributed by atoms with Gasteiger partial charge in [0, 0.05) is 6.20 Å². The van der Waals surface area contributed by atoms with Crippen LogP contribution in [0.4, 0.5) is 0 Å². The Balaban J connectivity index is 2.40. The van der Waals surface area contributed by atoms with Crippen LogP contribution in [0.3, 0.4) is 0 Å². The molecule has 1 aliphatic rings. The number of aromatic nitrogens is 2. The third-order valence-electron chi connectivity index (χ3n) is 4.07. The predicted octanol–water partition coefficient (Wildman–Crippen LogP) is 3.13. The molecule has 1 aliphatic heterocycles. The van der Waals surface area contributed by atoms with Gasteiger partial charge in [0.2, 0.25) is 5.88 Å². The summed E-state index contributed by atoms with van der Waals surface area (Å²) < 4.78 is 24.1. The van der Waals surface area contributed by atoms with Crippen LogP contribution in [0.15, 0.2) is 6.20 Å². The van der Waals surface area contributed by atoms with Gasteiger partial charge in [0.05, 0.1) is 16.7 Å². The van der Waals surface area contributed by atoms with Crippen LogP contribution in [0.2, 0.25) is 0 Å². The van der Waals surface area contributed by atoms with Crippen molar-refractivity contribution in [3.8, 4) is 11.9 Å². The highest BCUT2D eigenvalue weighted by atomic mass is 16.7. The fraction of sp³-hybridized carbons (Fsp3) is 0.778. The number of hydrogen-bond donors (Lipinski definition) is 0. The molecule has 0 saturated carbocycles. The highest BCUT2D eigenvalue weighted by Crippen LogP contribution is 2.37. The van der Waals surface area contributed by atoms with Crippen LogP contribution >= 0.6 is 0 Å². The van der Waals surface area contributed by atoms with E-state index in [-0.39, 0.29) is 6.01 Å². The van der Waals surface area contributed by atoms with Crippen LogP contribution < -0.4 is 14.9 Å². The first-order valence-corrected chi connectivity index (χ1v) is 8.70. The molecule has 1 aromatic rings. The van der Waals surface area contributed by atoms with E-state index in [4.69, 9.17) is 18.8 Å². The zero-order chi connectivity index (χ0) is 19.3. The van der Waals surface area contributed by atoms with Gasteiger partial charge in [0.15, 0.2) is 0 Å². The Morgan fingerprint density at radius 3 is 1.80 bits per heavy atom. The maximum absolute atomic E-state index is 6.12. The molecule has 0 bridgehead atoms. The number of nitrogens with zero attached hydrogens (tertiary/aromatic N) is 2. The van der Waals surface area contributed by atoms with Crippen molar-refractivity contribution in [1.29, 1.82) is 0 Å². The number of rotatable bonds is 3. The molecular weight excluding hydrogens is 319 g/mol. The highest BCUT2D eigenvalue weighted by Gasteiger charge is 2.53. The van der Waals surface area contributed by atoms with Crippen LogP contribution in [0.1, 0.15) is 69.2 Å². The van der Waals surface area contributed by atoms with Gasteiger partial charge in [-0.25, -0.2) is 4.98 Å². The van der Waals surface area contributed by atoms with Gasteiger partial charge < -0.3 is 18.8 Å². The minimum Gasteiger partial charge on any atom is -0.472 e. The molecule has 1 saturated heterocycles. The van der Waals surface area contributed by atoms with Gasteiger partial charge in [-0.1, -0.05) is 0 Å². The summed E-state index contributed by atoms with van der Waals surface area (Å²) in [5.41, 5.74) is -1.06. The van der Waals surface area contributed by atoms with Crippen LogP contribution in [0, 0.1) is 0 Å². The van der Waals surface area contributed by atoms with E-state index in [0.29, 0.717) is 11.3 Å². The molecule has 0 amide bonds. The lowest BCUT2D eigenvalue weighted by atomic mass is 9.80. The molecule has 0 aliphatic carbocycles. The fourth-order valence-corrected chi connectivity index (χ4v) is 2.19. The second-order valence-corrected chi connectivity index (χ2v) is 9.43. The number of ether oxygens (including phenoxy) is 2. The Kier molecular flexibility index (Phi) is 4.90. The number of hydrogen-bond acceptors (Lipinski definition) is 6. The van der Waals surface area contributed by atoms with Crippen molar-refractivity contribution in [3.63, 3.8) is 0 Å². The molecule has 0 unspecified atom stereocenters. The molecule has 140 valence electrons. The van der Waals surface area contributed by atoms with Gasteiger partial charge in [-0.3, -0.25) is 0 Å². The standard InChI is InChI=1S/C18H31BN2O4/c1-15(2,3)22-13-12(11-20-14(21-13)23-16(4,5)6)19-24-17(7,8)18(9,10)25-19/h11H,1-10H3. The molecule has 0 radical (unpaired) electrons. The maximum atomic E-state index is 6.12. The van der Waals surface area contributed by atoms with Crippen molar-refractivity contribution in [2.45, 2.75) is 91.6 Å². The van der Waals surface area contributed by atoms with E-state index in [2.05, 4.69) is 9.97 Å². The lowest BCUT2D eigenvalue weighted by Gasteiger charge is -2.32. The molecule has 0 aromatic carbocycles. The quantitative estimate of drug-likeness (QED) is 0.781. The summed E-state index contributed by atoms with van der Waals surface area (Å²) in [7, 11) is -0.592. The first kappa shape index (κ1) is 20.0. The van der Waals surface area contributed by atoms with Gasteiger partial charge in [-0.15, -0.1) is 0 Å². The van der Waals surface area contributed by atoms with E-state index in [1.54, 1.807) is 6.20 Å². The van der Waals surface area contributed by atoms with E-state index in [0.717, 1.165) is 0 Å². The molecule has 0 spiro atoms. The highest BCUT2D eigenvalue weighted by molar-refractivity contribution is 6.63. The van der Waals surface area contributed by atoms with Crippen molar-refractivity contribution in [2.24, 2.45) is 0 Å². The van der Waals surface area contributed by atoms with Gasteiger partial charge >= 0.3 is 13.1 Å². The summed E-state index contributed by atoms with van der Waals surface area (Å²) in [4.78, 5) is 8.79. The largest absolute Gasteiger partial charge is 0.502 e. The third-order valence-corrected chi connectivity index (χ3v) is 4.07. The van der Waals surface area contributed by atoms with E-state index in [1.807, 2.05) is 69.2 Å². The average Bonchev–Trinajstić information content (AvgIpc) is 2.54. The zero-order valence-corrected chi connectivity index (χ0v) is 17.2. The second kappa shape index (κ2) is 6.13. The molecule has 0 atom stereocenters. The Labute approximate surface area is 151 Å². The zero-order valence-electron chi connectivity index (χ0n) is 17.2. The second-order valence-electron chi connectivity index (χ2n) is 9.43. The Morgan fingerprint density at radius 1 is 0.880 bits per heavy atom. The van der Waals surface area contributed by atoms with Crippen molar-refractivity contribution >= 4 is 12.6 Å². The molecule has 1 fully saturated rings. The molecule has 2 heterocycles. The first-order valence-electron chi connectivity index (χ1n) is 8.70. The lowest BCUT2D eigenvalue weighted by Crippen LogP contribution is -2.41. The summed E-state index contributed by atoms with van der Waals surface area (Å²) in [6, 6.07) is 0.270. The molecule has 0 N–H and O–H groups in total. The maximum Gasteiger partial charge on any atom is 0.502 e. The third kappa shape index (κ3) is 4.85. The Bertz CT molecular complexity index is 617. The van der Waals surface area contributed by atoms with Crippen LogP contribution in [-0.4, -0.2) is 39.5 Å². The molecular formula is C18H31BN2O4. The molecule has 2 rings (SSSR count). The topological polar surface area (TPSA) is 62.7 Å². The summed E-state index contributed by atoms with van der Waals surface area (Å²) in [5.74, 6) is 0.417. The SMILES string of the molecule is CC(C)(C)Oc1ncc(B2OC(C)(C)C(C)(C)O2)c(OC(C)(C)C)n1. The Hall–Kier alpha value is -1.34. The Morgan fingerprint density at radius 2 is 1.36 bits per heavy atom. The fourth-order valence-electron chi connectivity index (χ4n) is 2.19. The van der Waals surface area contributed by atoms with Crippen molar-refractivity contribution in [3.05, 3.63) is 6.20 Å². The summed E-state index contributed by atoms with van der Waals surface area (Å²) >= 11 is 0. The normalized spacial score (nSPS) is 19.8. The van der Waals surface area contributed by atoms with Crippen LogP contribution in [0.25, 0.3) is 0 Å². The molecule has 25 heavy (non-hydrogen) atoms. The summed E-state index contributed by atoms with van der Waals surface area (Å²) in [6.07, 6.45) is 1.66. The predicted molar refractivity (Wildman–Crippen MR) is 98.5 cm³/mol. The minimum atomic E-state index is -0.592. The van der Waals surface area contributed by atoms with Crippen molar-refractivity contribution < 1.29 is 18.8 Å². The van der Waals surface area contributed by atoms with E-state index < -0.39 is 29.5 Å². The van der Waals surface area contributed by atoms with E-state index in [1.165, 1.54) is 0 Å². The van der Waals surface area contributed by atoms with Gasteiger partial charge in [-0.2, -0.15) is 4.98 Å². The molecule has 1 aromatic heterocycles. The monoisotopic (exact) mass is 350 g/mol. The van der Waals surface area contributed by atoms with Gasteiger partial charge in [-0.05, 0) is 69.2 Å². The molecule has 7 heteroatoms. The summed E-state index contributed by atoms with van der Waals surface area (Å²) in [5, 5.41) is 0. The van der Waals surface area contributed by atoms with Gasteiger partial charge in [0.25, 0.3) is 0 Å². The van der Waals surface area contributed by atoms with E-state index in [9.17, 15) is 0 Å². The van der Waals surface area contributed by atoms with Crippen LogP contribution in [0.5, 0.6) is 11.9 Å². The average molecular weight is 350 g/mol. The molecule has 6 nitrogen and oxygen atoms in total. The lowest BCUT2D eigenvalue weighted by molar-refractivity contribution is 0.00578. The van der Waals surface area contributed by atoms with Crippen molar-refractivity contribution in [2.75, 3.05) is 0 Å². The van der Waals surface area contributed by atoms with Crippen LogP contribution in [-0.2, 0) is 9.31 Å². The van der Waals surface area contributed by atoms with Gasteiger partial charge in [0.1, 0.15) is 11.2 Å². The smallest absolute Gasteiger partial charge is 0.472 e. The first-order chi connectivity index (χ1) is 11.1.